The van der Waals surface area contributed by atoms with Crippen molar-refractivity contribution in [1.29, 1.82) is 0 Å². The second-order valence-corrected chi connectivity index (χ2v) is 5.73. The molecule has 0 fully saturated rings. The molecule has 1 aromatic rings. The van der Waals surface area contributed by atoms with Gasteiger partial charge in [-0.25, -0.2) is 5.43 Å². The van der Waals surface area contributed by atoms with Crippen LogP contribution in [0, 0.1) is 0 Å². The SMILES string of the molecule is C=CCCCCCCCCC(=O)NN=Cc1ccc(Cl)cc1. The van der Waals surface area contributed by atoms with E-state index in [0.717, 1.165) is 24.8 Å². The first-order chi connectivity index (χ1) is 10.7. The maximum atomic E-state index is 11.6. The highest BCUT2D eigenvalue weighted by molar-refractivity contribution is 6.30. The first kappa shape index (κ1) is 18.4. The lowest BCUT2D eigenvalue weighted by Crippen LogP contribution is -2.16. The molecule has 120 valence electrons. The van der Waals surface area contributed by atoms with E-state index in [0.29, 0.717) is 11.4 Å². The van der Waals surface area contributed by atoms with Crippen LogP contribution >= 0.6 is 11.6 Å². The zero-order valence-corrected chi connectivity index (χ0v) is 13.8. The molecule has 0 saturated heterocycles. The van der Waals surface area contributed by atoms with Crippen molar-refractivity contribution in [2.24, 2.45) is 5.10 Å². The number of halogens is 1. The van der Waals surface area contributed by atoms with Crippen LogP contribution in [0.3, 0.4) is 0 Å². The Morgan fingerprint density at radius 2 is 1.73 bits per heavy atom. The standard InChI is InChI=1S/C18H25ClN2O/c1-2-3-4-5-6-7-8-9-10-18(22)21-20-15-16-11-13-17(19)14-12-16/h2,11-15H,1,3-10H2,(H,21,22). The minimum absolute atomic E-state index is 0.0307. The smallest absolute Gasteiger partial charge is 0.240 e. The number of hydrogen-bond acceptors (Lipinski definition) is 2. The van der Waals surface area contributed by atoms with Crippen LogP contribution in [0.2, 0.25) is 5.02 Å². The first-order valence-corrected chi connectivity index (χ1v) is 8.28. The molecule has 1 aromatic carbocycles. The van der Waals surface area contributed by atoms with Crippen molar-refractivity contribution in [3.8, 4) is 0 Å². The molecule has 0 spiro atoms. The van der Waals surface area contributed by atoms with Crippen LogP contribution in [-0.4, -0.2) is 12.1 Å². The van der Waals surface area contributed by atoms with E-state index >= 15 is 0 Å². The van der Waals surface area contributed by atoms with Crippen molar-refractivity contribution >= 4 is 23.7 Å². The molecule has 1 rings (SSSR count). The van der Waals surface area contributed by atoms with Gasteiger partial charge in [-0.1, -0.05) is 55.5 Å². The molecule has 22 heavy (non-hydrogen) atoms. The molecular formula is C18H25ClN2O. The number of carbonyl (C=O) groups excluding carboxylic acids is 1. The molecule has 0 aliphatic rings. The van der Waals surface area contributed by atoms with E-state index in [2.05, 4.69) is 17.1 Å². The third-order valence-electron chi connectivity index (χ3n) is 3.33. The Bertz CT molecular complexity index is 468. The highest BCUT2D eigenvalue weighted by atomic mass is 35.5. The van der Waals surface area contributed by atoms with Crippen LogP contribution < -0.4 is 5.43 Å². The minimum Gasteiger partial charge on any atom is -0.273 e. The van der Waals surface area contributed by atoms with E-state index in [-0.39, 0.29) is 5.91 Å². The van der Waals surface area contributed by atoms with Gasteiger partial charge in [0.25, 0.3) is 0 Å². The van der Waals surface area contributed by atoms with E-state index in [1.165, 1.54) is 25.7 Å². The predicted octanol–water partition coefficient (Wildman–Crippen LogP) is 5.10. The second kappa shape index (κ2) is 12.0. The van der Waals surface area contributed by atoms with E-state index in [1.807, 2.05) is 18.2 Å². The quantitative estimate of drug-likeness (QED) is 0.262. The van der Waals surface area contributed by atoms with Gasteiger partial charge in [-0.3, -0.25) is 4.79 Å². The summed E-state index contributed by atoms with van der Waals surface area (Å²) in [6, 6.07) is 7.29. The molecule has 0 radical (unpaired) electrons. The normalized spacial score (nSPS) is 10.8. The van der Waals surface area contributed by atoms with E-state index in [4.69, 9.17) is 11.6 Å². The third-order valence-corrected chi connectivity index (χ3v) is 3.59. The molecule has 0 aliphatic carbocycles. The lowest BCUT2D eigenvalue weighted by atomic mass is 10.1. The maximum Gasteiger partial charge on any atom is 0.240 e. The third kappa shape index (κ3) is 9.35. The highest BCUT2D eigenvalue weighted by Gasteiger charge is 1.99. The Kier molecular flexibility index (Phi) is 10.0. The highest BCUT2D eigenvalue weighted by Crippen LogP contribution is 2.09. The molecule has 0 unspecified atom stereocenters. The van der Waals surface area contributed by atoms with Crippen LogP contribution in [0.5, 0.6) is 0 Å². The summed E-state index contributed by atoms with van der Waals surface area (Å²) < 4.78 is 0. The molecule has 0 aromatic heterocycles. The van der Waals surface area contributed by atoms with Gasteiger partial charge in [0.2, 0.25) is 5.91 Å². The number of benzene rings is 1. The molecule has 1 amide bonds. The summed E-state index contributed by atoms with van der Waals surface area (Å²) >= 11 is 5.80. The summed E-state index contributed by atoms with van der Waals surface area (Å²) in [6.07, 6.45) is 12.2. The number of carbonyl (C=O) groups is 1. The minimum atomic E-state index is -0.0307. The number of allylic oxidation sites excluding steroid dienone is 1. The monoisotopic (exact) mass is 320 g/mol. The average Bonchev–Trinajstić information content (AvgIpc) is 2.52. The van der Waals surface area contributed by atoms with Crippen LogP contribution in [0.4, 0.5) is 0 Å². The van der Waals surface area contributed by atoms with Crippen molar-refractivity contribution in [3.05, 3.63) is 47.5 Å². The number of nitrogens with one attached hydrogen (secondary N) is 1. The van der Waals surface area contributed by atoms with Crippen molar-refractivity contribution in [3.63, 3.8) is 0 Å². The van der Waals surface area contributed by atoms with Crippen LogP contribution in [0.1, 0.15) is 56.9 Å². The molecule has 0 heterocycles. The first-order valence-electron chi connectivity index (χ1n) is 7.91. The van der Waals surface area contributed by atoms with E-state index < -0.39 is 0 Å². The fourth-order valence-electron chi connectivity index (χ4n) is 2.06. The topological polar surface area (TPSA) is 41.5 Å². The molecule has 0 atom stereocenters. The number of hydrogen-bond donors (Lipinski definition) is 1. The summed E-state index contributed by atoms with van der Waals surface area (Å²) in [5, 5.41) is 4.63. The van der Waals surface area contributed by atoms with Gasteiger partial charge >= 0.3 is 0 Å². The molecule has 0 aliphatic heterocycles. The van der Waals surface area contributed by atoms with Crippen molar-refractivity contribution < 1.29 is 4.79 Å². The fraction of sp³-hybridized carbons (Fsp3) is 0.444. The molecule has 1 N–H and O–H groups in total. The Morgan fingerprint density at radius 1 is 1.09 bits per heavy atom. The maximum absolute atomic E-state index is 11.6. The number of rotatable bonds is 11. The lowest BCUT2D eigenvalue weighted by Gasteiger charge is -2.01. The van der Waals surface area contributed by atoms with Crippen LogP contribution in [0.15, 0.2) is 42.0 Å². The van der Waals surface area contributed by atoms with Gasteiger partial charge in [-0.2, -0.15) is 5.10 Å². The molecule has 3 nitrogen and oxygen atoms in total. The number of hydrazone groups is 1. The van der Waals surface area contributed by atoms with E-state index in [9.17, 15) is 4.79 Å². The largest absolute Gasteiger partial charge is 0.273 e. The van der Waals surface area contributed by atoms with Crippen LogP contribution in [0.25, 0.3) is 0 Å². The van der Waals surface area contributed by atoms with E-state index in [1.54, 1.807) is 18.3 Å². The van der Waals surface area contributed by atoms with Gasteiger partial charge in [0.15, 0.2) is 0 Å². The molecule has 4 heteroatoms. The summed E-state index contributed by atoms with van der Waals surface area (Å²) in [5.41, 5.74) is 3.46. The summed E-state index contributed by atoms with van der Waals surface area (Å²) in [7, 11) is 0. The van der Waals surface area contributed by atoms with Gasteiger partial charge in [0.1, 0.15) is 0 Å². The van der Waals surface area contributed by atoms with Gasteiger partial charge < -0.3 is 0 Å². The second-order valence-electron chi connectivity index (χ2n) is 5.29. The van der Waals surface area contributed by atoms with Crippen molar-refractivity contribution in [2.45, 2.75) is 51.4 Å². The average molecular weight is 321 g/mol. The predicted molar refractivity (Wildman–Crippen MR) is 94.3 cm³/mol. The van der Waals surface area contributed by atoms with Gasteiger partial charge in [-0.15, -0.1) is 6.58 Å². The number of amides is 1. The Hall–Kier alpha value is -1.61. The zero-order valence-electron chi connectivity index (χ0n) is 13.1. The van der Waals surface area contributed by atoms with Crippen LogP contribution in [-0.2, 0) is 4.79 Å². The Labute approximate surface area is 138 Å². The van der Waals surface area contributed by atoms with Gasteiger partial charge in [0, 0.05) is 11.4 Å². The number of nitrogens with zero attached hydrogens (tertiary/aromatic N) is 1. The van der Waals surface area contributed by atoms with Crippen molar-refractivity contribution in [1.82, 2.24) is 5.43 Å². The summed E-state index contributed by atoms with van der Waals surface area (Å²) in [5.74, 6) is -0.0307. The number of unbranched alkanes of at least 4 members (excludes halogenated alkanes) is 6. The van der Waals surface area contributed by atoms with Crippen molar-refractivity contribution in [2.75, 3.05) is 0 Å². The summed E-state index contributed by atoms with van der Waals surface area (Å²) in [4.78, 5) is 11.6. The molecule has 0 bridgehead atoms. The summed E-state index contributed by atoms with van der Waals surface area (Å²) in [6.45, 7) is 3.71. The van der Waals surface area contributed by atoms with Gasteiger partial charge in [-0.05, 0) is 37.0 Å². The van der Waals surface area contributed by atoms with Gasteiger partial charge in [0.05, 0.1) is 6.21 Å². The Morgan fingerprint density at radius 3 is 2.41 bits per heavy atom. The fourth-order valence-corrected chi connectivity index (χ4v) is 2.19. The lowest BCUT2D eigenvalue weighted by molar-refractivity contribution is -0.121. The molecular weight excluding hydrogens is 296 g/mol. The zero-order chi connectivity index (χ0) is 16.0. The molecule has 0 saturated carbocycles. The Balaban J connectivity index is 2.04.